The molecule has 0 aliphatic carbocycles. The summed E-state index contributed by atoms with van der Waals surface area (Å²) in [6, 6.07) is -9.62. The third-order valence-electron chi connectivity index (χ3n) is 10.9. The van der Waals surface area contributed by atoms with Gasteiger partial charge in [0.15, 0.2) is 6.04 Å². The lowest BCUT2D eigenvalue weighted by Gasteiger charge is -2.31. The number of carbonyl (C=O) groups excluding carboxylic acids is 8. The Morgan fingerprint density at radius 1 is 0.785 bits per heavy atom. The monoisotopic (exact) mass is 920 g/mol. The lowest BCUT2D eigenvalue weighted by Crippen LogP contribution is -2.60. The molecule has 8 unspecified atom stereocenters. The maximum absolute atomic E-state index is 14.4. The number of aliphatic hydroxyl groups is 1. The van der Waals surface area contributed by atoms with Gasteiger partial charge in [-0.15, -0.1) is 0 Å². The van der Waals surface area contributed by atoms with E-state index in [4.69, 9.17) is 11.5 Å². The summed E-state index contributed by atoms with van der Waals surface area (Å²) in [6.07, 6.45) is 2.15. The van der Waals surface area contributed by atoms with E-state index in [0.29, 0.717) is 31.4 Å². The molecule has 8 amide bonds. The first-order chi connectivity index (χ1) is 30.8. The van der Waals surface area contributed by atoms with Gasteiger partial charge in [0.25, 0.3) is 0 Å². The second kappa shape index (κ2) is 25.9. The van der Waals surface area contributed by atoms with Gasteiger partial charge in [-0.05, 0) is 70.8 Å². The topological polar surface area (TPSA) is 391 Å². The van der Waals surface area contributed by atoms with Crippen molar-refractivity contribution in [1.82, 2.24) is 51.7 Å². The van der Waals surface area contributed by atoms with Crippen LogP contribution in [0.4, 0.5) is 0 Å². The summed E-state index contributed by atoms with van der Waals surface area (Å²) in [5, 5.41) is 44.0. The quantitative estimate of drug-likeness (QED) is 0.0390. The van der Waals surface area contributed by atoms with E-state index >= 15 is 0 Å². The Balaban J connectivity index is 1.83. The fourth-order valence-electron chi connectivity index (χ4n) is 7.58. The van der Waals surface area contributed by atoms with Crippen LogP contribution in [-0.4, -0.2) is 175 Å². The Kier molecular flexibility index (Phi) is 21.2. The average Bonchev–Trinajstić information content (AvgIpc) is 4.06. The zero-order chi connectivity index (χ0) is 48.4. The van der Waals surface area contributed by atoms with Crippen LogP contribution in [0.15, 0.2) is 12.5 Å². The minimum absolute atomic E-state index is 0.0170. The van der Waals surface area contributed by atoms with Crippen molar-refractivity contribution in [2.75, 3.05) is 32.7 Å². The molecule has 0 aromatic carbocycles. The number of unbranched alkanes of at least 4 members (excludes halogenated alkanes) is 1. The average molecular weight is 921 g/mol. The van der Waals surface area contributed by atoms with Crippen molar-refractivity contribution < 1.29 is 63.3 Å². The first-order valence-electron chi connectivity index (χ1n) is 21.7. The number of H-pyrrole nitrogens is 1. The maximum Gasteiger partial charge on any atom is 0.328 e. The summed E-state index contributed by atoms with van der Waals surface area (Å²) < 4.78 is 0. The highest BCUT2D eigenvalue weighted by molar-refractivity contribution is 5.99. The molecule has 0 saturated carbocycles. The van der Waals surface area contributed by atoms with Crippen molar-refractivity contribution in [1.29, 1.82) is 0 Å². The Bertz CT molecular complexity index is 1850. The number of hydrogen-bond donors (Lipinski definition) is 12. The molecule has 2 aliphatic heterocycles. The molecule has 2 saturated heterocycles. The molecule has 0 radical (unpaired) electrons. The molecule has 1 aromatic rings. The SMILES string of the molecule is CC(C)CC(NC(=O)C1CCCN1C(=O)C(Cc1cnc[nH]1)NC(=O)C(CC(=O)O)NC(=O)C(CCCCN)NC(=O)C1CCCN1C(=O)CNC(=O)CN)C(=O)NC(C(=O)O)C(C)O. The predicted octanol–water partition coefficient (Wildman–Crippen LogP) is -4.45. The first kappa shape index (κ1) is 53.1. The third kappa shape index (κ3) is 16.4. The number of nitrogens with two attached hydrogens (primary N) is 2. The number of carbonyl (C=O) groups is 10. The van der Waals surface area contributed by atoms with Gasteiger partial charge in [-0.1, -0.05) is 13.8 Å². The summed E-state index contributed by atoms with van der Waals surface area (Å²) in [5.74, 6) is -9.34. The van der Waals surface area contributed by atoms with Crippen LogP contribution in [-0.2, 0) is 54.4 Å². The Hall–Kier alpha value is -6.21. The molecular formula is C40H64N12O13. The normalized spacial score (nSPS) is 18.6. The van der Waals surface area contributed by atoms with E-state index in [0.717, 1.165) is 0 Å². The number of nitrogens with one attached hydrogen (secondary N) is 7. The number of likely N-dealkylation sites (tertiary alicyclic amines) is 2. The Labute approximate surface area is 375 Å². The van der Waals surface area contributed by atoms with E-state index in [1.165, 1.54) is 29.2 Å². The molecule has 2 fully saturated rings. The second-order valence-corrected chi connectivity index (χ2v) is 16.5. The van der Waals surface area contributed by atoms with Gasteiger partial charge in [-0.25, -0.2) is 9.78 Å². The number of hydrogen-bond acceptors (Lipinski definition) is 14. The van der Waals surface area contributed by atoms with Crippen molar-refractivity contribution in [3.8, 4) is 0 Å². The molecule has 0 bridgehead atoms. The van der Waals surface area contributed by atoms with Crippen LogP contribution < -0.4 is 43.4 Å². The van der Waals surface area contributed by atoms with Crippen molar-refractivity contribution in [3.63, 3.8) is 0 Å². The molecule has 0 spiro atoms. The number of amides is 8. The highest BCUT2D eigenvalue weighted by Gasteiger charge is 2.41. The van der Waals surface area contributed by atoms with E-state index in [2.05, 4.69) is 41.9 Å². The van der Waals surface area contributed by atoms with Gasteiger partial charge >= 0.3 is 11.9 Å². The predicted molar refractivity (Wildman–Crippen MR) is 227 cm³/mol. The molecular weight excluding hydrogens is 857 g/mol. The number of imidazole rings is 1. The molecule has 362 valence electrons. The minimum Gasteiger partial charge on any atom is -0.481 e. The molecule has 3 rings (SSSR count). The largest absolute Gasteiger partial charge is 0.481 e. The number of aromatic nitrogens is 2. The summed E-state index contributed by atoms with van der Waals surface area (Å²) in [6.45, 7) is 4.48. The van der Waals surface area contributed by atoms with Crippen LogP contribution in [0.2, 0.25) is 0 Å². The fraction of sp³-hybridized carbons (Fsp3) is 0.675. The van der Waals surface area contributed by atoms with Crippen molar-refractivity contribution in [2.45, 2.75) is 133 Å². The summed E-state index contributed by atoms with van der Waals surface area (Å²) in [4.78, 5) is 140. The van der Waals surface area contributed by atoms with Crippen LogP contribution >= 0.6 is 0 Å². The zero-order valence-electron chi connectivity index (χ0n) is 36.9. The highest BCUT2D eigenvalue weighted by Crippen LogP contribution is 2.21. The second-order valence-electron chi connectivity index (χ2n) is 16.5. The third-order valence-corrected chi connectivity index (χ3v) is 10.9. The van der Waals surface area contributed by atoms with Crippen LogP contribution in [0.25, 0.3) is 0 Å². The lowest BCUT2D eigenvalue weighted by molar-refractivity contribution is -0.146. The first-order valence-corrected chi connectivity index (χ1v) is 21.7. The van der Waals surface area contributed by atoms with E-state index in [9.17, 15) is 63.3 Å². The molecule has 2 aliphatic rings. The number of aliphatic hydroxyl groups excluding tert-OH is 1. The highest BCUT2D eigenvalue weighted by atomic mass is 16.4. The standard InChI is InChI=1S/C40H64N12O13/c1-21(2)14-25(36(60)50-33(22(3)53)40(64)65)48-38(62)29-10-7-13-52(29)39(63)27(15-23-18-43-20-45-23)49-35(59)26(16-32(56)57)47-34(58)24(8-4-5-11-41)46-37(61)28-9-6-12-51(28)31(55)19-44-30(54)17-42/h18,20-22,24-29,33,53H,4-17,19,41-42H2,1-3H3,(H,43,45)(H,44,54)(H,46,61)(H,47,58)(H,48,62)(H,49,59)(H,50,60)(H,56,57)(H,64,65). The summed E-state index contributed by atoms with van der Waals surface area (Å²) in [5.41, 5.74) is 11.3. The van der Waals surface area contributed by atoms with Gasteiger partial charge in [-0.2, -0.15) is 0 Å². The molecule has 3 heterocycles. The molecule has 65 heavy (non-hydrogen) atoms. The van der Waals surface area contributed by atoms with Crippen LogP contribution in [0.3, 0.4) is 0 Å². The fourth-order valence-corrected chi connectivity index (χ4v) is 7.58. The van der Waals surface area contributed by atoms with Gasteiger partial charge in [0.1, 0.15) is 36.3 Å². The van der Waals surface area contributed by atoms with E-state index in [1.54, 1.807) is 13.8 Å². The molecule has 25 heteroatoms. The molecule has 14 N–H and O–H groups in total. The minimum atomic E-state index is -1.79. The Morgan fingerprint density at radius 3 is 1.92 bits per heavy atom. The van der Waals surface area contributed by atoms with Gasteiger partial charge in [0.2, 0.25) is 47.3 Å². The number of nitrogens with zero attached hydrogens (tertiary/aromatic N) is 3. The van der Waals surface area contributed by atoms with E-state index in [1.807, 2.05) is 0 Å². The van der Waals surface area contributed by atoms with Gasteiger partial charge in [-0.3, -0.25) is 43.2 Å². The number of carboxylic acids is 2. The van der Waals surface area contributed by atoms with Gasteiger partial charge in [0.05, 0.1) is 31.9 Å². The zero-order valence-corrected chi connectivity index (χ0v) is 36.9. The van der Waals surface area contributed by atoms with Crippen LogP contribution in [0.5, 0.6) is 0 Å². The number of aromatic amines is 1. The maximum atomic E-state index is 14.4. The lowest BCUT2D eigenvalue weighted by atomic mass is 10.0. The van der Waals surface area contributed by atoms with Crippen molar-refractivity contribution in [3.05, 3.63) is 18.2 Å². The summed E-state index contributed by atoms with van der Waals surface area (Å²) in [7, 11) is 0. The smallest absolute Gasteiger partial charge is 0.328 e. The molecule has 1 aromatic heterocycles. The number of rotatable bonds is 26. The van der Waals surface area contributed by atoms with Gasteiger partial charge < -0.3 is 73.5 Å². The Morgan fingerprint density at radius 2 is 1.37 bits per heavy atom. The number of carboxylic acid groups (broad SMARTS) is 2. The number of aliphatic carboxylic acids is 2. The van der Waals surface area contributed by atoms with Crippen LogP contribution in [0, 0.1) is 5.92 Å². The van der Waals surface area contributed by atoms with Crippen molar-refractivity contribution in [2.24, 2.45) is 17.4 Å². The summed E-state index contributed by atoms with van der Waals surface area (Å²) >= 11 is 0. The van der Waals surface area contributed by atoms with Crippen molar-refractivity contribution >= 4 is 59.2 Å². The van der Waals surface area contributed by atoms with Crippen LogP contribution in [0.1, 0.15) is 84.3 Å². The van der Waals surface area contributed by atoms with Gasteiger partial charge in [0, 0.05) is 31.4 Å². The molecule has 25 nitrogen and oxygen atoms in total. The van der Waals surface area contributed by atoms with E-state index < -0.39 is 121 Å². The molecule has 8 atom stereocenters. The van der Waals surface area contributed by atoms with E-state index in [-0.39, 0.29) is 64.2 Å².